The number of hydrogen-bond donors (Lipinski definition) is 2. The van der Waals surface area contributed by atoms with Gasteiger partial charge in [-0.3, -0.25) is 19.1 Å². The normalized spacial score (nSPS) is 13.4. The third-order valence-corrected chi connectivity index (χ3v) is 3.10. The molecule has 2 aromatic heterocycles. The quantitative estimate of drug-likeness (QED) is 0.604. The smallest absolute Gasteiger partial charge is 0.205 e. The second kappa shape index (κ2) is 3.19. The molecule has 6 nitrogen and oxygen atoms in total. The summed E-state index contributed by atoms with van der Waals surface area (Å²) in [5, 5.41) is 19.6. The van der Waals surface area contributed by atoms with E-state index in [1.807, 2.05) is 0 Å². The van der Waals surface area contributed by atoms with Gasteiger partial charge in [0.15, 0.2) is 5.78 Å². The van der Waals surface area contributed by atoms with Gasteiger partial charge in [-0.25, -0.2) is 0 Å². The lowest BCUT2D eigenvalue weighted by molar-refractivity contribution is 0.0975. The van der Waals surface area contributed by atoms with Crippen molar-refractivity contribution >= 4 is 11.6 Å². The Labute approximate surface area is 101 Å². The molecule has 1 aliphatic rings. The Kier molecular flexibility index (Phi) is 1.87. The van der Waals surface area contributed by atoms with Gasteiger partial charge in [0.25, 0.3) is 0 Å². The highest BCUT2D eigenvalue weighted by Gasteiger charge is 2.37. The van der Waals surface area contributed by atoms with Gasteiger partial charge in [-0.2, -0.15) is 0 Å². The first-order valence-electron chi connectivity index (χ1n) is 5.18. The standard InChI is InChI=1S/C12H8N2O4/c1-14-11(17)7-8(12(14)18)10(16)6-4-13-3-2-5(6)9(7)15/h2-4,17-18H,1H3. The van der Waals surface area contributed by atoms with E-state index >= 15 is 0 Å². The number of nitrogens with zero attached hydrogens (tertiary/aromatic N) is 2. The van der Waals surface area contributed by atoms with Crippen LogP contribution in [0.4, 0.5) is 0 Å². The second-order valence-electron chi connectivity index (χ2n) is 4.04. The van der Waals surface area contributed by atoms with Crippen LogP contribution in [0.3, 0.4) is 0 Å². The summed E-state index contributed by atoms with van der Waals surface area (Å²) in [7, 11) is 1.37. The van der Waals surface area contributed by atoms with Crippen LogP contribution in [0.1, 0.15) is 31.8 Å². The van der Waals surface area contributed by atoms with Crippen LogP contribution >= 0.6 is 0 Å². The van der Waals surface area contributed by atoms with Crippen LogP contribution < -0.4 is 0 Å². The number of ketones is 2. The van der Waals surface area contributed by atoms with E-state index in [1.165, 1.54) is 25.5 Å². The molecule has 2 N–H and O–H groups in total. The van der Waals surface area contributed by atoms with Crippen LogP contribution in [0.25, 0.3) is 0 Å². The number of carbonyl (C=O) groups is 2. The summed E-state index contributed by atoms with van der Waals surface area (Å²) in [5.41, 5.74) is -0.00139. The van der Waals surface area contributed by atoms with E-state index in [9.17, 15) is 19.8 Å². The summed E-state index contributed by atoms with van der Waals surface area (Å²) >= 11 is 0. The topological polar surface area (TPSA) is 92.4 Å². The first-order valence-corrected chi connectivity index (χ1v) is 5.18. The van der Waals surface area contributed by atoms with E-state index in [4.69, 9.17) is 0 Å². The molecule has 2 heterocycles. The highest BCUT2D eigenvalue weighted by molar-refractivity contribution is 6.30. The van der Waals surface area contributed by atoms with Crippen LogP contribution in [-0.2, 0) is 7.05 Å². The Hall–Kier alpha value is -2.63. The Morgan fingerprint density at radius 3 is 2.22 bits per heavy atom. The largest absolute Gasteiger partial charge is 0.494 e. The number of hydrogen-bond acceptors (Lipinski definition) is 5. The number of pyridine rings is 1. The van der Waals surface area contributed by atoms with E-state index in [1.54, 1.807) is 0 Å². The molecular formula is C12H8N2O4. The van der Waals surface area contributed by atoms with Crippen molar-refractivity contribution in [3.05, 3.63) is 40.7 Å². The molecule has 0 saturated heterocycles. The fourth-order valence-corrected chi connectivity index (χ4v) is 2.13. The Balaban J connectivity index is 2.41. The van der Waals surface area contributed by atoms with E-state index in [2.05, 4.69) is 4.98 Å². The van der Waals surface area contributed by atoms with Crippen LogP contribution in [0.15, 0.2) is 18.5 Å². The minimum Gasteiger partial charge on any atom is -0.494 e. The van der Waals surface area contributed by atoms with Gasteiger partial charge in [0.05, 0.1) is 16.7 Å². The molecule has 0 saturated carbocycles. The van der Waals surface area contributed by atoms with Crippen molar-refractivity contribution in [2.45, 2.75) is 0 Å². The molecule has 1 aliphatic carbocycles. The van der Waals surface area contributed by atoms with Crippen molar-refractivity contribution in [1.29, 1.82) is 0 Å². The third-order valence-electron chi connectivity index (χ3n) is 3.10. The lowest BCUT2D eigenvalue weighted by Crippen LogP contribution is -2.19. The van der Waals surface area contributed by atoms with Crippen molar-refractivity contribution in [3.8, 4) is 11.8 Å². The average molecular weight is 244 g/mol. The van der Waals surface area contributed by atoms with E-state index in [0.29, 0.717) is 0 Å². The molecule has 0 atom stereocenters. The van der Waals surface area contributed by atoms with Gasteiger partial charge in [0.2, 0.25) is 17.5 Å². The maximum atomic E-state index is 12.2. The molecule has 0 unspecified atom stereocenters. The Morgan fingerprint density at radius 1 is 1.06 bits per heavy atom. The highest BCUT2D eigenvalue weighted by atomic mass is 16.3. The van der Waals surface area contributed by atoms with Gasteiger partial charge in [0.1, 0.15) is 0 Å². The molecule has 0 spiro atoms. The van der Waals surface area contributed by atoms with Crippen LogP contribution in [0, 0.1) is 0 Å². The summed E-state index contributed by atoms with van der Waals surface area (Å²) < 4.78 is 1.000. The van der Waals surface area contributed by atoms with Crippen molar-refractivity contribution in [2.24, 2.45) is 7.05 Å². The van der Waals surface area contributed by atoms with Gasteiger partial charge in [-0.05, 0) is 6.07 Å². The summed E-state index contributed by atoms with van der Waals surface area (Å²) in [4.78, 5) is 28.1. The van der Waals surface area contributed by atoms with Gasteiger partial charge < -0.3 is 10.2 Å². The SMILES string of the molecule is Cn1c(O)c2c(c1O)C(=O)c1cnccc1C2=O. The minimum atomic E-state index is -0.513. The number of fused-ring (bicyclic) bond motifs is 2. The molecular weight excluding hydrogens is 236 g/mol. The van der Waals surface area contributed by atoms with E-state index in [0.717, 1.165) is 4.57 Å². The van der Waals surface area contributed by atoms with Crippen LogP contribution in [0.2, 0.25) is 0 Å². The van der Waals surface area contributed by atoms with Gasteiger partial charge in [-0.1, -0.05) is 0 Å². The van der Waals surface area contributed by atoms with E-state index < -0.39 is 23.3 Å². The number of rotatable bonds is 0. The van der Waals surface area contributed by atoms with Crippen molar-refractivity contribution in [1.82, 2.24) is 9.55 Å². The maximum Gasteiger partial charge on any atom is 0.205 e. The zero-order valence-corrected chi connectivity index (χ0v) is 9.34. The summed E-state index contributed by atoms with van der Waals surface area (Å²) in [6.07, 6.45) is 2.68. The molecule has 2 aromatic rings. The van der Waals surface area contributed by atoms with E-state index in [-0.39, 0.29) is 22.3 Å². The van der Waals surface area contributed by atoms with Crippen molar-refractivity contribution < 1.29 is 19.8 Å². The molecule has 6 heteroatoms. The van der Waals surface area contributed by atoms with Gasteiger partial charge in [0, 0.05) is 25.0 Å². The van der Waals surface area contributed by atoms with Crippen LogP contribution in [0.5, 0.6) is 11.8 Å². The number of aromatic nitrogens is 2. The Bertz CT molecular complexity index is 657. The predicted octanol–water partition coefficient (Wildman–Crippen LogP) is 0.607. The fourth-order valence-electron chi connectivity index (χ4n) is 2.13. The highest BCUT2D eigenvalue weighted by Crippen LogP contribution is 2.39. The fraction of sp³-hybridized carbons (Fsp3) is 0.0833. The average Bonchev–Trinajstić information content (AvgIpc) is 2.61. The second-order valence-corrected chi connectivity index (χ2v) is 4.04. The summed E-state index contributed by atoms with van der Waals surface area (Å²) in [6.45, 7) is 0. The molecule has 3 rings (SSSR count). The summed E-state index contributed by atoms with van der Waals surface area (Å²) in [5.74, 6) is -1.84. The molecule has 0 amide bonds. The van der Waals surface area contributed by atoms with Crippen LogP contribution in [-0.4, -0.2) is 31.3 Å². The molecule has 0 aromatic carbocycles. The predicted molar refractivity (Wildman–Crippen MR) is 59.8 cm³/mol. The molecule has 0 fully saturated rings. The lowest BCUT2D eigenvalue weighted by Gasteiger charge is -2.13. The molecule has 18 heavy (non-hydrogen) atoms. The number of aromatic hydroxyl groups is 2. The molecule has 0 radical (unpaired) electrons. The molecule has 0 bridgehead atoms. The lowest BCUT2D eigenvalue weighted by atomic mass is 9.87. The molecule has 0 aliphatic heterocycles. The molecule has 90 valence electrons. The zero-order chi connectivity index (χ0) is 13.0. The monoisotopic (exact) mass is 244 g/mol. The number of carbonyl (C=O) groups excluding carboxylic acids is 2. The maximum absolute atomic E-state index is 12.2. The zero-order valence-electron chi connectivity index (χ0n) is 9.34. The summed E-state index contributed by atoms with van der Waals surface area (Å²) in [6, 6.07) is 1.42. The van der Waals surface area contributed by atoms with Gasteiger partial charge >= 0.3 is 0 Å². The van der Waals surface area contributed by atoms with Crippen molar-refractivity contribution in [3.63, 3.8) is 0 Å². The first-order chi connectivity index (χ1) is 8.54. The van der Waals surface area contributed by atoms with Crippen molar-refractivity contribution in [2.75, 3.05) is 0 Å². The van der Waals surface area contributed by atoms with Gasteiger partial charge in [-0.15, -0.1) is 0 Å². The minimum absolute atomic E-state index is 0.135. The first kappa shape index (κ1) is 10.5. The third kappa shape index (κ3) is 1.04. The Morgan fingerprint density at radius 2 is 1.61 bits per heavy atom.